The Bertz CT molecular complexity index is 965. The molecule has 0 fully saturated rings. The standard InChI is InChI=1S/C17H15N5O/c1-10-5-4-6-14-11(2)7-15(21-16(10)14)22-17(20-12(3)23)13(8-18)9-19-22/h4-7,9H,1-3H3,(H,20,23). The van der Waals surface area contributed by atoms with E-state index in [0.717, 1.165) is 22.0 Å². The third-order valence-electron chi connectivity index (χ3n) is 3.64. The zero-order chi connectivity index (χ0) is 16.6. The fourth-order valence-electron chi connectivity index (χ4n) is 2.54. The van der Waals surface area contributed by atoms with E-state index in [1.165, 1.54) is 17.8 Å². The molecule has 1 aromatic carbocycles. The molecule has 0 spiro atoms. The average Bonchev–Trinajstić information content (AvgIpc) is 2.90. The van der Waals surface area contributed by atoms with Gasteiger partial charge < -0.3 is 5.32 Å². The summed E-state index contributed by atoms with van der Waals surface area (Å²) in [4.78, 5) is 16.1. The molecule has 0 aliphatic heterocycles. The maximum atomic E-state index is 11.4. The van der Waals surface area contributed by atoms with Crippen molar-refractivity contribution in [2.24, 2.45) is 0 Å². The maximum absolute atomic E-state index is 11.4. The average molecular weight is 305 g/mol. The van der Waals surface area contributed by atoms with Gasteiger partial charge in [-0.05, 0) is 31.0 Å². The van der Waals surface area contributed by atoms with Gasteiger partial charge in [0.25, 0.3) is 0 Å². The van der Waals surface area contributed by atoms with Crippen LogP contribution in [0.5, 0.6) is 0 Å². The third-order valence-corrected chi connectivity index (χ3v) is 3.64. The molecular formula is C17H15N5O. The molecule has 0 aliphatic rings. The van der Waals surface area contributed by atoms with Crippen molar-refractivity contribution < 1.29 is 4.79 Å². The zero-order valence-electron chi connectivity index (χ0n) is 13.1. The summed E-state index contributed by atoms with van der Waals surface area (Å²) in [5, 5.41) is 17.1. The van der Waals surface area contributed by atoms with Crippen LogP contribution in [0.2, 0.25) is 0 Å². The van der Waals surface area contributed by atoms with Crippen molar-refractivity contribution >= 4 is 22.6 Å². The molecule has 0 bridgehead atoms. The van der Waals surface area contributed by atoms with Gasteiger partial charge in [0, 0.05) is 12.3 Å². The Kier molecular flexibility index (Phi) is 3.54. The number of amides is 1. The van der Waals surface area contributed by atoms with E-state index in [2.05, 4.69) is 15.4 Å². The number of rotatable bonds is 2. The Labute approximate surface area is 133 Å². The van der Waals surface area contributed by atoms with E-state index in [1.807, 2.05) is 44.2 Å². The number of fused-ring (bicyclic) bond motifs is 1. The van der Waals surface area contributed by atoms with E-state index in [9.17, 15) is 10.1 Å². The smallest absolute Gasteiger partial charge is 0.222 e. The normalized spacial score (nSPS) is 10.5. The van der Waals surface area contributed by atoms with Gasteiger partial charge in [-0.25, -0.2) is 4.98 Å². The molecule has 23 heavy (non-hydrogen) atoms. The van der Waals surface area contributed by atoms with Crippen molar-refractivity contribution in [1.29, 1.82) is 5.26 Å². The van der Waals surface area contributed by atoms with E-state index < -0.39 is 0 Å². The number of carbonyl (C=O) groups excluding carboxylic acids is 1. The third kappa shape index (κ3) is 2.53. The molecule has 1 amide bonds. The summed E-state index contributed by atoms with van der Waals surface area (Å²) < 4.78 is 1.48. The number of aryl methyl sites for hydroxylation is 2. The lowest BCUT2D eigenvalue weighted by molar-refractivity contribution is -0.114. The Balaban J connectivity index is 2.26. The van der Waals surface area contributed by atoms with Crippen molar-refractivity contribution in [3.05, 3.63) is 47.2 Å². The highest BCUT2D eigenvalue weighted by atomic mass is 16.1. The largest absolute Gasteiger partial charge is 0.310 e. The molecule has 0 saturated carbocycles. The van der Waals surface area contributed by atoms with Crippen LogP contribution in [0.3, 0.4) is 0 Å². The molecule has 0 unspecified atom stereocenters. The molecule has 3 aromatic rings. The van der Waals surface area contributed by atoms with Gasteiger partial charge in [-0.15, -0.1) is 0 Å². The maximum Gasteiger partial charge on any atom is 0.222 e. The lowest BCUT2D eigenvalue weighted by Crippen LogP contribution is -2.13. The van der Waals surface area contributed by atoms with Gasteiger partial charge in [-0.1, -0.05) is 18.2 Å². The molecule has 2 heterocycles. The summed E-state index contributed by atoms with van der Waals surface area (Å²) in [6.45, 7) is 5.39. The number of hydrogen-bond acceptors (Lipinski definition) is 4. The molecule has 0 saturated heterocycles. The predicted octanol–water partition coefficient (Wildman–Crippen LogP) is 2.87. The van der Waals surface area contributed by atoms with Gasteiger partial charge >= 0.3 is 0 Å². The number of nitriles is 1. The highest BCUT2D eigenvalue weighted by molar-refractivity contribution is 5.90. The minimum Gasteiger partial charge on any atom is -0.310 e. The van der Waals surface area contributed by atoms with Crippen LogP contribution in [0.15, 0.2) is 30.5 Å². The van der Waals surface area contributed by atoms with E-state index in [1.54, 1.807) is 0 Å². The summed E-state index contributed by atoms with van der Waals surface area (Å²) in [5.41, 5.74) is 3.28. The minimum absolute atomic E-state index is 0.267. The number of pyridine rings is 1. The second-order valence-corrected chi connectivity index (χ2v) is 5.38. The van der Waals surface area contributed by atoms with Crippen LogP contribution in [0.1, 0.15) is 23.6 Å². The molecule has 0 aliphatic carbocycles. The van der Waals surface area contributed by atoms with Crippen LogP contribution in [-0.2, 0) is 4.79 Å². The van der Waals surface area contributed by atoms with Crippen LogP contribution in [0, 0.1) is 25.2 Å². The number of aromatic nitrogens is 3. The molecule has 0 radical (unpaired) electrons. The molecule has 6 heteroatoms. The quantitative estimate of drug-likeness (QED) is 0.789. The first-order valence-corrected chi connectivity index (χ1v) is 7.14. The van der Waals surface area contributed by atoms with Crippen LogP contribution in [0.4, 0.5) is 5.82 Å². The Morgan fingerprint density at radius 3 is 2.78 bits per heavy atom. The topological polar surface area (TPSA) is 83.6 Å². The number of anilines is 1. The minimum atomic E-state index is -0.267. The number of nitrogens with zero attached hydrogens (tertiary/aromatic N) is 4. The first-order valence-electron chi connectivity index (χ1n) is 7.14. The number of hydrogen-bond donors (Lipinski definition) is 1. The van der Waals surface area contributed by atoms with E-state index in [4.69, 9.17) is 0 Å². The van der Waals surface area contributed by atoms with Crippen LogP contribution >= 0.6 is 0 Å². The van der Waals surface area contributed by atoms with Gasteiger partial charge in [0.1, 0.15) is 11.6 Å². The molecule has 6 nitrogen and oxygen atoms in total. The number of benzene rings is 1. The fourth-order valence-corrected chi connectivity index (χ4v) is 2.54. The number of nitrogens with one attached hydrogen (secondary N) is 1. The van der Waals surface area contributed by atoms with Gasteiger partial charge in [-0.2, -0.15) is 15.0 Å². The summed E-state index contributed by atoms with van der Waals surface area (Å²) >= 11 is 0. The lowest BCUT2D eigenvalue weighted by Gasteiger charge is -2.11. The summed E-state index contributed by atoms with van der Waals surface area (Å²) in [6.07, 6.45) is 1.42. The molecule has 0 atom stereocenters. The molecular weight excluding hydrogens is 290 g/mol. The summed E-state index contributed by atoms with van der Waals surface area (Å²) in [5.74, 6) is 0.631. The zero-order valence-corrected chi connectivity index (χ0v) is 13.1. The Morgan fingerprint density at radius 1 is 1.30 bits per heavy atom. The van der Waals surface area contributed by atoms with Crippen LogP contribution in [-0.4, -0.2) is 20.7 Å². The van der Waals surface area contributed by atoms with Crippen molar-refractivity contribution in [1.82, 2.24) is 14.8 Å². The van der Waals surface area contributed by atoms with E-state index >= 15 is 0 Å². The van der Waals surface area contributed by atoms with Crippen molar-refractivity contribution in [2.75, 3.05) is 5.32 Å². The Morgan fingerprint density at radius 2 is 2.09 bits per heavy atom. The Hall–Kier alpha value is -3.20. The van der Waals surface area contributed by atoms with Gasteiger partial charge in [0.05, 0.1) is 11.7 Å². The van der Waals surface area contributed by atoms with Gasteiger partial charge in [-0.3, -0.25) is 4.79 Å². The molecule has 114 valence electrons. The second-order valence-electron chi connectivity index (χ2n) is 5.38. The van der Waals surface area contributed by atoms with Crippen molar-refractivity contribution in [3.8, 4) is 11.9 Å². The first kappa shape index (κ1) is 14.7. The van der Waals surface area contributed by atoms with Gasteiger partial charge in [0.2, 0.25) is 5.91 Å². The summed E-state index contributed by atoms with van der Waals surface area (Å²) in [7, 11) is 0. The molecule has 1 N–H and O–H groups in total. The van der Waals surface area contributed by atoms with E-state index in [0.29, 0.717) is 17.2 Å². The fraction of sp³-hybridized carbons (Fsp3) is 0.176. The summed E-state index contributed by atoms with van der Waals surface area (Å²) in [6, 6.07) is 9.93. The molecule has 3 rings (SSSR count). The van der Waals surface area contributed by atoms with Crippen molar-refractivity contribution in [2.45, 2.75) is 20.8 Å². The highest BCUT2D eigenvalue weighted by Gasteiger charge is 2.15. The van der Waals surface area contributed by atoms with Gasteiger partial charge in [0.15, 0.2) is 11.6 Å². The SMILES string of the molecule is CC(=O)Nc1c(C#N)cnn1-c1cc(C)c2cccc(C)c2n1. The lowest BCUT2D eigenvalue weighted by atomic mass is 10.1. The highest BCUT2D eigenvalue weighted by Crippen LogP contribution is 2.25. The van der Waals surface area contributed by atoms with E-state index in [-0.39, 0.29) is 5.91 Å². The van der Waals surface area contributed by atoms with Crippen LogP contribution in [0.25, 0.3) is 16.7 Å². The molecule has 2 aromatic heterocycles. The number of carbonyl (C=O) groups is 1. The van der Waals surface area contributed by atoms with Crippen molar-refractivity contribution in [3.63, 3.8) is 0 Å². The van der Waals surface area contributed by atoms with Crippen LogP contribution < -0.4 is 5.32 Å². The first-order chi connectivity index (χ1) is 11.0. The predicted molar refractivity (Wildman–Crippen MR) is 87.4 cm³/mol. The number of para-hydroxylation sites is 1. The second kappa shape index (κ2) is 5.54. The monoisotopic (exact) mass is 305 g/mol.